The third kappa shape index (κ3) is 8.70. The SMILES string of the molecule is C.[B]C(CCC)C(=O)CC.[U]. The fraction of sp³-hybridized carbons (Fsp3) is 0.875. The Balaban J connectivity index is -0.000000320. The molecule has 0 fully saturated rings. The molecule has 11 heavy (non-hydrogen) atoms. The second kappa shape index (κ2) is 10.8. The second-order valence-electron chi connectivity index (χ2n) is 2.22. The van der Waals surface area contributed by atoms with E-state index in [0.717, 1.165) is 12.8 Å². The predicted molar refractivity (Wildman–Crippen MR) is 46.4 cm³/mol. The van der Waals surface area contributed by atoms with Gasteiger partial charge < -0.3 is 4.79 Å². The second-order valence-corrected chi connectivity index (χ2v) is 2.22. The normalized spacial score (nSPS) is 10.7. The number of hydrogen-bond donors (Lipinski definition) is 0. The van der Waals surface area contributed by atoms with Crippen molar-refractivity contribution in [3.05, 3.63) is 0 Å². The zero-order valence-corrected chi connectivity index (χ0v) is 10.8. The number of rotatable bonds is 4. The van der Waals surface area contributed by atoms with E-state index in [-0.39, 0.29) is 50.1 Å². The molecule has 0 aromatic rings. The van der Waals surface area contributed by atoms with Crippen molar-refractivity contribution >= 4 is 13.6 Å². The van der Waals surface area contributed by atoms with E-state index in [1.54, 1.807) is 0 Å². The quantitative estimate of drug-likeness (QED) is 0.687. The van der Waals surface area contributed by atoms with E-state index in [0.29, 0.717) is 6.42 Å². The summed E-state index contributed by atoms with van der Waals surface area (Å²) in [7, 11) is 5.49. The van der Waals surface area contributed by atoms with E-state index < -0.39 is 0 Å². The van der Waals surface area contributed by atoms with Gasteiger partial charge in [-0.25, -0.2) is 0 Å². The van der Waals surface area contributed by atoms with Gasteiger partial charge in [0, 0.05) is 37.5 Å². The molecule has 0 aliphatic carbocycles. The molecule has 0 aliphatic heterocycles. The summed E-state index contributed by atoms with van der Waals surface area (Å²) in [6.45, 7) is 3.88. The van der Waals surface area contributed by atoms with Gasteiger partial charge in [0.2, 0.25) is 0 Å². The summed E-state index contributed by atoms with van der Waals surface area (Å²) < 4.78 is 0. The fourth-order valence-electron chi connectivity index (χ4n) is 0.734. The first kappa shape index (κ1) is 17.8. The van der Waals surface area contributed by atoms with Gasteiger partial charge in [-0.3, -0.25) is 0 Å². The van der Waals surface area contributed by atoms with Crippen LogP contribution in [0.2, 0.25) is 5.82 Å². The minimum Gasteiger partial charge on any atom is -0.300 e. The fourth-order valence-corrected chi connectivity index (χ4v) is 0.734. The first-order valence-corrected chi connectivity index (χ1v) is 3.50. The van der Waals surface area contributed by atoms with Crippen LogP contribution in [0.25, 0.3) is 0 Å². The van der Waals surface area contributed by atoms with Crippen molar-refractivity contribution in [1.82, 2.24) is 0 Å². The van der Waals surface area contributed by atoms with Crippen LogP contribution in [-0.4, -0.2) is 13.6 Å². The summed E-state index contributed by atoms with van der Waals surface area (Å²) in [6, 6.07) is 0. The van der Waals surface area contributed by atoms with Gasteiger partial charge in [0.05, 0.1) is 7.85 Å². The summed E-state index contributed by atoms with van der Waals surface area (Å²) in [5, 5.41) is 0. The van der Waals surface area contributed by atoms with Crippen LogP contribution >= 0.6 is 0 Å². The molecular formula is C8H17BOU. The summed E-state index contributed by atoms with van der Waals surface area (Å²) in [6.07, 6.45) is 2.39. The van der Waals surface area contributed by atoms with E-state index >= 15 is 0 Å². The van der Waals surface area contributed by atoms with E-state index in [9.17, 15) is 4.79 Å². The molecule has 62 valence electrons. The van der Waals surface area contributed by atoms with Crippen LogP contribution in [0.4, 0.5) is 0 Å². The van der Waals surface area contributed by atoms with Crippen LogP contribution in [0.15, 0.2) is 0 Å². The molecule has 1 atom stereocenters. The molecule has 0 aromatic carbocycles. The molecule has 0 spiro atoms. The number of carbonyl (C=O) groups is 1. The molecular weight excluding hydrogens is 361 g/mol. The van der Waals surface area contributed by atoms with Crippen molar-refractivity contribution in [3.63, 3.8) is 0 Å². The van der Waals surface area contributed by atoms with Gasteiger partial charge in [-0.15, -0.1) is 0 Å². The molecule has 0 saturated carbocycles. The van der Waals surface area contributed by atoms with Crippen LogP contribution in [0.3, 0.4) is 0 Å². The Morgan fingerprint density at radius 1 is 1.45 bits per heavy atom. The Kier molecular flexibility index (Phi) is 17.4. The molecule has 2 radical (unpaired) electrons. The number of carbonyl (C=O) groups excluding carboxylic acids is 1. The molecule has 3 heteroatoms. The maximum absolute atomic E-state index is 10.8. The van der Waals surface area contributed by atoms with Crippen molar-refractivity contribution in [2.45, 2.75) is 46.4 Å². The minimum atomic E-state index is -0.208. The zero-order chi connectivity index (χ0) is 7.28. The van der Waals surface area contributed by atoms with E-state index in [2.05, 4.69) is 0 Å². The van der Waals surface area contributed by atoms with E-state index in [1.165, 1.54) is 0 Å². The van der Waals surface area contributed by atoms with Gasteiger partial charge in [-0.2, -0.15) is 0 Å². The number of hydrogen-bond acceptors (Lipinski definition) is 1. The van der Waals surface area contributed by atoms with Crippen LogP contribution in [0, 0.1) is 31.1 Å². The largest absolute Gasteiger partial charge is 0.300 e. The minimum absolute atomic E-state index is 0. The third-order valence-electron chi connectivity index (χ3n) is 1.36. The third-order valence-corrected chi connectivity index (χ3v) is 1.36. The summed E-state index contributed by atoms with van der Waals surface area (Å²) in [5.74, 6) is -0.0307. The Hall–Kier alpha value is 0.787. The van der Waals surface area contributed by atoms with Crippen molar-refractivity contribution in [2.24, 2.45) is 0 Å². The van der Waals surface area contributed by atoms with Gasteiger partial charge in [0.1, 0.15) is 5.78 Å². The molecule has 0 bridgehead atoms. The summed E-state index contributed by atoms with van der Waals surface area (Å²) in [5.41, 5.74) is 0. The molecule has 0 amide bonds. The molecule has 0 aromatic heterocycles. The average Bonchev–Trinajstić information content (AvgIpc) is 1.87. The monoisotopic (exact) mass is 378 g/mol. The summed E-state index contributed by atoms with van der Waals surface area (Å²) in [4.78, 5) is 10.8. The maximum Gasteiger partial charge on any atom is 0.127 e. The van der Waals surface area contributed by atoms with Gasteiger partial charge in [0.25, 0.3) is 0 Å². The summed E-state index contributed by atoms with van der Waals surface area (Å²) >= 11 is 0. The Morgan fingerprint density at radius 2 is 1.91 bits per heavy atom. The van der Waals surface area contributed by atoms with Crippen molar-refractivity contribution < 1.29 is 35.9 Å². The van der Waals surface area contributed by atoms with Crippen molar-refractivity contribution in [3.8, 4) is 0 Å². The van der Waals surface area contributed by atoms with Gasteiger partial charge in [-0.05, 0) is 5.82 Å². The van der Waals surface area contributed by atoms with E-state index in [4.69, 9.17) is 7.85 Å². The van der Waals surface area contributed by atoms with Gasteiger partial charge in [0.15, 0.2) is 0 Å². The van der Waals surface area contributed by atoms with Crippen molar-refractivity contribution in [2.75, 3.05) is 0 Å². The molecule has 1 nitrogen and oxygen atoms in total. The zero-order valence-electron chi connectivity index (χ0n) is 6.68. The molecule has 1 unspecified atom stereocenters. The first-order valence-electron chi connectivity index (χ1n) is 3.50. The van der Waals surface area contributed by atoms with Crippen LogP contribution in [0.1, 0.15) is 40.5 Å². The molecule has 0 N–H and O–H groups in total. The van der Waals surface area contributed by atoms with Crippen molar-refractivity contribution in [1.29, 1.82) is 0 Å². The Labute approximate surface area is 95.5 Å². The van der Waals surface area contributed by atoms with Crippen LogP contribution in [-0.2, 0) is 4.79 Å². The number of Topliss-reactive ketones (excluding diaryl/α,β-unsaturated/α-hetero) is 1. The molecule has 0 aliphatic rings. The standard InChI is InChI=1S/C7H13BO.CH4.U/c1-3-5-6(8)7(9)4-2;;/h6H,3-5H2,1-2H3;1H4;. The maximum atomic E-state index is 10.8. The number of ketones is 1. The Morgan fingerprint density at radius 3 is 2.18 bits per heavy atom. The smallest absolute Gasteiger partial charge is 0.127 e. The van der Waals surface area contributed by atoms with Gasteiger partial charge >= 0.3 is 0 Å². The predicted octanol–water partition coefficient (Wildman–Crippen LogP) is 2.36. The average molecular weight is 378 g/mol. The van der Waals surface area contributed by atoms with Gasteiger partial charge in [-0.1, -0.05) is 34.1 Å². The first-order chi connectivity index (χ1) is 4.22. The van der Waals surface area contributed by atoms with Crippen LogP contribution in [0.5, 0.6) is 0 Å². The molecule has 0 heterocycles. The topological polar surface area (TPSA) is 17.1 Å². The molecule has 0 saturated heterocycles. The Bertz CT molecular complexity index is 96.1. The van der Waals surface area contributed by atoms with E-state index in [1.807, 2.05) is 13.8 Å². The molecule has 0 rings (SSSR count). The van der Waals surface area contributed by atoms with Crippen LogP contribution < -0.4 is 0 Å².